The minimum absolute atomic E-state index is 1.04. The average Bonchev–Trinajstić information content (AvgIpc) is 2.92. The van der Waals surface area contributed by atoms with Gasteiger partial charge in [0.05, 0.1) is 0 Å². The molecule has 1 aliphatic heterocycles. The molecule has 2 heteroatoms. The number of anilines is 1. The van der Waals surface area contributed by atoms with Crippen LogP contribution in [0.15, 0.2) is 42.5 Å². The molecule has 1 heterocycles. The van der Waals surface area contributed by atoms with Crippen LogP contribution < -0.4 is 5.32 Å². The zero-order chi connectivity index (χ0) is 12.2. The van der Waals surface area contributed by atoms with Crippen LogP contribution in [-0.4, -0.2) is 31.1 Å². The number of hydrogen-bond acceptors (Lipinski definition) is 2. The highest BCUT2D eigenvalue weighted by atomic mass is 15.1. The Morgan fingerprint density at radius 2 is 1.72 bits per heavy atom. The normalized spacial score (nSPS) is 16.2. The first-order valence-corrected chi connectivity index (χ1v) is 6.87. The van der Waals surface area contributed by atoms with E-state index in [0.717, 1.165) is 13.1 Å². The van der Waals surface area contributed by atoms with Crippen LogP contribution in [0.1, 0.15) is 12.8 Å². The average molecular weight is 240 g/mol. The first-order chi connectivity index (χ1) is 8.92. The summed E-state index contributed by atoms with van der Waals surface area (Å²) in [6.07, 6.45) is 2.74. The van der Waals surface area contributed by atoms with Gasteiger partial charge in [-0.25, -0.2) is 0 Å². The number of nitrogens with zero attached hydrogens (tertiary/aromatic N) is 1. The zero-order valence-corrected chi connectivity index (χ0v) is 10.7. The summed E-state index contributed by atoms with van der Waals surface area (Å²) < 4.78 is 0. The van der Waals surface area contributed by atoms with Crippen molar-refractivity contribution in [1.29, 1.82) is 0 Å². The van der Waals surface area contributed by atoms with Gasteiger partial charge in [-0.1, -0.05) is 30.3 Å². The number of benzene rings is 2. The molecule has 0 radical (unpaired) electrons. The molecule has 0 bridgehead atoms. The molecule has 1 aliphatic rings. The molecule has 94 valence electrons. The largest absolute Gasteiger partial charge is 0.384 e. The van der Waals surface area contributed by atoms with Crippen molar-refractivity contribution in [2.75, 3.05) is 31.5 Å². The van der Waals surface area contributed by atoms with Crippen LogP contribution in [0.25, 0.3) is 10.8 Å². The first kappa shape index (κ1) is 11.5. The Bertz CT molecular complexity index is 515. The molecule has 0 atom stereocenters. The number of nitrogens with one attached hydrogen (secondary N) is 1. The van der Waals surface area contributed by atoms with Crippen LogP contribution in [0.4, 0.5) is 5.69 Å². The van der Waals surface area contributed by atoms with Crippen molar-refractivity contribution in [2.24, 2.45) is 0 Å². The molecule has 0 amide bonds. The molecule has 1 N–H and O–H groups in total. The third-order valence-electron chi connectivity index (χ3n) is 3.71. The van der Waals surface area contributed by atoms with Gasteiger partial charge in [-0.15, -0.1) is 0 Å². The predicted octanol–water partition coefficient (Wildman–Crippen LogP) is 3.35. The van der Waals surface area contributed by atoms with Gasteiger partial charge in [0.15, 0.2) is 0 Å². The molecule has 1 fully saturated rings. The maximum absolute atomic E-state index is 3.52. The summed E-state index contributed by atoms with van der Waals surface area (Å²) in [5.41, 5.74) is 1.23. The van der Waals surface area contributed by atoms with Crippen molar-refractivity contribution >= 4 is 16.5 Å². The number of rotatable bonds is 4. The summed E-state index contributed by atoms with van der Waals surface area (Å²) in [4.78, 5) is 2.54. The third-order valence-corrected chi connectivity index (χ3v) is 3.71. The molecule has 2 nitrogen and oxygen atoms in total. The molecule has 0 spiro atoms. The van der Waals surface area contributed by atoms with Gasteiger partial charge in [-0.05, 0) is 48.8 Å². The van der Waals surface area contributed by atoms with Crippen molar-refractivity contribution in [2.45, 2.75) is 12.8 Å². The molecule has 2 aromatic rings. The van der Waals surface area contributed by atoms with Crippen LogP contribution in [0, 0.1) is 0 Å². The monoisotopic (exact) mass is 240 g/mol. The smallest absolute Gasteiger partial charge is 0.0347 e. The SMILES string of the molecule is c1ccc2cc(NCCN3CCCC3)ccc2c1. The molecule has 3 rings (SSSR count). The Hall–Kier alpha value is -1.54. The van der Waals surface area contributed by atoms with Gasteiger partial charge < -0.3 is 10.2 Å². The Balaban J connectivity index is 1.60. The Kier molecular flexibility index (Phi) is 3.47. The summed E-state index contributed by atoms with van der Waals surface area (Å²) in [6, 6.07) is 15.1. The van der Waals surface area contributed by atoms with Gasteiger partial charge in [0.25, 0.3) is 0 Å². The second-order valence-electron chi connectivity index (χ2n) is 5.04. The topological polar surface area (TPSA) is 15.3 Å². The van der Waals surface area contributed by atoms with E-state index in [-0.39, 0.29) is 0 Å². The van der Waals surface area contributed by atoms with Gasteiger partial charge >= 0.3 is 0 Å². The van der Waals surface area contributed by atoms with E-state index in [1.54, 1.807) is 0 Å². The summed E-state index contributed by atoms with van der Waals surface area (Å²) in [5, 5.41) is 6.14. The molecule has 2 aromatic carbocycles. The van der Waals surface area contributed by atoms with E-state index in [4.69, 9.17) is 0 Å². The lowest BCUT2D eigenvalue weighted by Gasteiger charge is -2.15. The molecule has 0 saturated carbocycles. The lowest BCUT2D eigenvalue weighted by Crippen LogP contribution is -2.25. The van der Waals surface area contributed by atoms with Gasteiger partial charge in [0.1, 0.15) is 0 Å². The molecular weight excluding hydrogens is 220 g/mol. The van der Waals surface area contributed by atoms with E-state index >= 15 is 0 Å². The van der Waals surface area contributed by atoms with E-state index in [1.807, 2.05) is 0 Å². The molecule has 0 unspecified atom stereocenters. The Labute approximate surface area is 109 Å². The molecule has 0 aromatic heterocycles. The minimum Gasteiger partial charge on any atom is -0.384 e. The van der Waals surface area contributed by atoms with E-state index in [9.17, 15) is 0 Å². The number of likely N-dealkylation sites (tertiary alicyclic amines) is 1. The van der Waals surface area contributed by atoms with Gasteiger partial charge in [-0.2, -0.15) is 0 Å². The molecular formula is C16H20N2. The third kappa shape index (κ3) is 2.65. The lowest BCUT2D eigenvalue weighted by atomic mass is 10.1. The fourth-order valence-corrected chi connectivity index (χ4v) is 2.66. The van der Waals surface area contributed by atoms with Crippen molar-refractivity contribution in [1.82, 2.24) is 4.90 Å². The van der Waals surface area contributed by atoms with E-state index in [0.29, 0.717) is 0 Å². The highest BCUT2D eigenvalue weighted by Crippen LogP contribution is 2.18. The van der Waals surface area contributed by atoms with Crippen molar-refractivity contribution in [3.05, 3.63) is 42.5 Å². The summed E-state index contributed by atoms with van der Waals surface area (Å²) in [5.74, 6) is 0. The number of fused-ring (bicyclic) bond motifs is 1. The van der Waals surface area contributed by atoms with Crippen molar-refractivity contribution in [3.8, 4) is 0 Å². The Morgan fingerprint density at radius 3 is 2.56 bits per heavy atom. The molecule has 18 heavy (non-hydrogen) atoms. The maximum atomic E-state index is 3.52. The van der Waals surface area contributed by atoms with Crippen molar-refractivity contribution in [3.63, 3.8) is 0 Å². The van der Waals surface area contributed by atoms with E-state index in [2.05, 4.69) is 52.7 Å². The van der Waals surface area contributed by atoms with E-state index < -0.39 is 0 Å². The van der Waals surface area contributed by atoms with Crippen LogP contribution in [0.5, 0.6) is 0 Å². The highest BCUT2D eigenvalue weighted by Gasteiger charge is 2.09. The van der Waals surface area contributed by atoms with Crippen LogP contribution in [0.2, 0.25) is 0 Å². The first-order valence-electron chi connectivity index (χ1n) is 6.87. The second-order valence-corrected chi connectivity index (χ2v) is 5.04. The standard InChI is InChI=1S/C16H20N2/c1-2-6-15-13-16(8-7-14(15)5-1)17-9-12-18-10-3-4-11-18/h1-2,5-8,13,17H,3-4,9-12H2. The minimum atomic E-state index is 1.04. The van der Waals surface area contributed by atoms with Crippen LogP contribution in [-0.2, 0) is 0 Å². The summed E-state index contributed by atoms with van der Waals surface area (Å²) in [6.45, 7) is 4.75. The highest BCUT2D eigenvalue weighted by molar-refractivity contribution is 5.85. The number of hydrogen-bond donors (Lipinski definition) is 1. The summed E-state index contributed by atoms with van der Waals surface area (Å²) in [7, 11) is 0. The van der Waals surface area contributed by atoms with Gasteiger partial charge in [0, 0.05) is 18.8 Å². The van der Waals surface area contributed by atoms with E-state index in [1.165, 1.54) is 42.4 Å². The van der Waals surface area contributed by atoms with Crippen LogP contribution >= 0.6 is 0 Å². The van der Waals surface area contributed by atoms with Crippen LogP contribution in [0.3, 0.4) is 0 Å². The quantitative estimate of drug-likeness (QED) is 0.881. The fraction of sp³-hybridized carbons (Fsp3) is 0.375. The summed E-state index contributed by atoms with van der Waals surface area (Å²) >= 11 is 0. The van der Waals surface area contributed by atoms with Crippen molar-refractivity contribution < 1.29 is 0 Å². The zero-order valence-electron chi connectivity index (χ0n) is 10.7. The Morgan fingerprint density at radius 1 is 0.944 bits per heavy atom. The lowest BCUT2D eigenvalue weighted by molar-refractivity contribution is 0.352. The molecule has 0 aliphatic carbocycles. The molecule has 1 saturated heterocycles. The maximum Gasteiger partial charge on any atom is 0.0347 e. The van der Waals surface area contributed by atoms with Gasteiger partial charge in [-0.3, -0.25) is 0 Å². The fourth-order valence-electron chi connectivity index (χ4n) is 2.66. The predicted molar refractivity (Wildman–Crippen MR) is 78.1 cm³/mol. The van der Waals surface area contributed by atoms with Gasteiger partial charge in [0.2, 0.25) is 0 Å². The second kappa shape index (κ2) is 5.40.